The van der Waals surface area contributed by atoms with Gasteiger partial charge in [-0.15, -0.1) is 0 Å². The standard InChI is InChI=1S/C22H17N3O/c1-4-10-17(11-5-1)22-24-20(23-18-12-6-2-7-13-18)16-21(25-22)26-19-14-8-3-9-15-19/h1-16H,(H,23,24,25). The second-order valence-electron chi connectivity index (χ2n) is 5.69. The maximum absolute atomic E-state index is 5.93. The predicted octanol–water partition coefficient (Wildman–Crippen LogP) is 5.68. The monoisotopic (exact) mass is 339 g/mol. The fourth-order valence-corrected chi connectivity index (χ4v) is 2.54. The second kappa shape index (κ2) is 7.49. The number of aromatic nitrogens is 2. The Morgan fingerprint density at radius 3 is 1.96 bits per heavy atom. The normalized spacial score (nSPS) is 10.3. The van der Waals surface area contributed by atoms with Crippen LogP contribution in [0.5, 0.6) is 11.6 Å². The Bertz CT molecular complexity index is 914. The van der Waals surface area contributed by atoms with Crippen LogP contribution in [0.3, 0.4) is 0 Å². The van der Waals surface area contributed by atoms with Gasteiger partial charge in [-0.1, -0.05) is 66.7 Å². The first-order valence-electron chi connectivity index (χ1n) is 8.36. The molecule has 0 fully saturated rings. The fraction of sp³-hybridized carbons (Fsp3) is 0. The van der Waals surface area contributed by atoms with E-state index >= 15 is 0 Å². The zero-order chi connectivity index (χ0) is 17.6. The number of para-hydroxylation sites is 2. The molecule has 0 saturated heterocycles. The van der Waals surface area contributed by atoms with Crippen molar-refractivity contribution in [3.05, 3.63) is 97.1 Å². The highest BCUT2D eigenvalue weighted by molar-refractivity contribution is 5.62. The number of benzene rings is 3. The van der Waals surface area contributed by atoms with Crippen LogP contribution in [0.1, 0.15) is 0 Å². The molecule has 0 atom stereocenters. The second-order valence-corrected chi connectivity index (χ2v) is 5.69. The van der Waals surface area contributed by atoms with Gasteiger partial charge in [-0.25, -0.2) is 4.98 Å². The largest absolute Gasteiger partial charge is 0.439 e. The van der Waals surface area contributed by atoms with Crippen LogP contribution < -0.4 is 10.1 Å². The van der Waals surface area contributed by atoms with Crippen LogP contribution in [0.4, 0.5) is 11.5 Å². The first-order valence-corrected chi connectivity index (χ1v) is 8.36. The van der Waals surface area contributed by atoms with Gasteiger partial charge in [0.15, 0.2) is 5.82 Å². The first-order chi connectivity index (χ1) is 12.9. The third-order valence-electron chi connectivity index (χ3n) is 3.75. The van der Waals surface area contributed by atoms with Crippen molar-refractivity contribution in [1.82, 2.24) is 9.97 Å². The summed E-state index contributed by atoms with van der Waals surface area (Å²) in [7, 11) is 0. The van der Waals surface area contributed by atoms with Crippen molar-refractivity contribution in [1.29, 1.82) is 0 Å². The topological polar surface area (TPSA) is 47.0 Å². The minimum Gasteiger partial charge on any atom is -0.439 e. The van der Waals surface area contributed by atoms with Crippen molar-refractivity contribution in [2.24, 2.45) is 0 Å². The van der Waals surface area contributed by atoms with Gasteiger partial charge >= 0.3 is 0 Å². The summed E-state index contributed by atoms with van der Waals surface area (Å²) < 4.78 is 5.93. The lowest BCUT2D eigenvalue weighted by molar-refractivity contribution is 0.463. The molecule has 0 aliphatic heterocycles. The van der Waals surface area contributed by atoms with E-state index in [2.05, 4.69) is 15.3 Å². The Morgan fingerprint density at radius 1 is 0.654 bits per heavy atom. The minimum absolute atomic E-state index is 0.489. The van der Waals surface area contributed by atoms with Crippen LogP contribution in [0.15, 0.2) is 97.1 Å². The number of hydrogen-bond acceptors (Lipinski definition) is 4. The summed E-state index contributed by atoms with van der Waals surface area (Å²) in [6, 6.07) is 31.2. The highest BCUT2D eigenvalue weighted by atomic mass is 16.5. The van der Waals surface area contributed by atoms with Gasteiger partial charge in [-0.05, 0) is 24.3 Å². The molecule has 0 saturated carbocycles. The summed E-state index contributed by atoms with van der Waals surface area (Å²) in [5.74, 6) is 2.51. The molecule has 0 aliphatic carbocycles. The van der Waals surface area contributed by atoms with Gasteiger partial charge in [0.1, 0.15) is 11.6 Å². The van der Waals surface area contributed by atoms with Crippen LogP contribution in [0.2, 0.25) is 0 Å². The van der Waals surface area contributed by atoms with Crippen molar-refractivity contribution in [2.75, 3.05) is 5.32 Å². The van der Waals surface area contributed by atoms with E-state index < -0.39 is 0 Å². The minimum atomic E-state index is 0.489. The molecule has 1 heterocycles. The van der Waals surface area contributed by atoms with Gasteiger partial charge in [0.2, 0.25) is 5.88 Å². The molecule has 0 unspecified atom stereocenters. The maximum Gasteiger partial charge on any atom is 0.224 e. The lowest BCUT2D eigenvalue weighted by Gasteiger charge is -2.11. The van der Waals surface area contributed by atoms with E-state index in [-0.39, 0.29) is 0 Å². The molecular weight excluding hydrogens is 322 g/mol. The van der Waals surface area contributed by atoms with Crippen LogP contribution >= 0.6 is 0 Å². The number of nitrogens with one attached hydrogen (secondary N) is 1. The number of nitrogens with zero attached hydrogens (tertiary/aromatic N) is 2. The van der Waals surface area contributed by atoms with Crippen molar-refractivity contribution in [3.8, 4) is 23.0 Å². The highest BCUT2D eigenvalue weighted by Gasteiger charge is 2.09. The average Bonchev–Trinajstić information content (AvgIpc) is 2.70. The summed E-state index contributed by atoms with van der Waals surface area (Å²) in [5, 5.41) is 3.31. The molecule has 4 rings (SSSR count). The van der Waals surface area contributed by atoms with E-state index in [1.807, 2.05) is 91.0 Å². The molecule has 26 heavy (non-hydrogen) atoms. The van der Waals surface area contributed by atoms with Crippen LogP contribution in [0, 0.1) is 0 Å². The molecule has 4 heteroatoms. The quantitative estimate of drug-likeness (QED) is 0.508. The van der Waals surface area contributed by atoms with Gasteiger partial charge in [-0.3, -0.25) is 0 Å². The van der Waals surface area contributed by atoms with E-state index in [4.69, 9.17) is 4.74 Å². The van der Waals surface area contributed by atoms with Gasteiger partial charge < -0.3 is 10.1 Å². The van der Waals surface area contributed by atoms with Crippen molar-refractivity contribution < 1.29 is 4.74 Å². The molecule has 1 aromatic heterocycles. The van der Waals surface area contributed by atoms with E-state index in [1.54, 1.807) is 6.07 Å². The first kappa shape index (κ1) is 15.8. The summed E-state index contributed by atoms with van der Waals surface area (Å²) in [5.41, 5.74) is 1.89. The maximum atomic E-state index is 5.93. The van der Waals surface area contributed by atoms with Crippen molar-refractivity contribution in [2.45, 2.75) is 0 Å². The summed E-state index contributed by atoms with van der Waals surface area (Å²) in [6.45, 7) is 0. The van der Waals surface area contributed by atoms with E-state index in [0.29, 0.717) is 17.5 Å². The lowest BCUT2D eigenvalue weighted by atomic mass is 10.2. The smallest absolute Gasteiger partial charge is 0.224 e. The molecule has 3 aromatic carbocycles. The van der Waals surface area contributed by atoms with Gasteiger partial charge in [0.05, 0.1) is 0 Å². The van der Waals surface area contributed by atoms with Crippen LogP contribution in [0.25, 0.3) is 11.4 Å². The average molecular weight is 339 g/mol. The Hall–Kier alpha value is -3.66. The van der Waals surface area contributed by atoms with Crippen LogP contribution in [-0.4, -0.2) is 9.97 Å². The summed E-state index contributed by atoms with van der Waals surface area (Å²) >= 11 is 0. The van der Waals surface area contributed by atoms with Crippen molar-refractivity contribution >= 4 is 11.5 Å². The fourth-order valence-electron chi connectivity index (χ4n) is 2.54. The number of rotatable bonds is 5. The molecule has 0 spiro atoms. The third-order valence-corrected chi connectivity index (χ3v) is 3.75. The van der Waals surface area contributed by atoms with Crippen LogP contribution in [-0.2, 0) is 0 Å². The number of ether oxygens (including phenoxy) is 1. The summed E-state index contributed by atoms with van der Waals surface area (Å²) in [4.78, 5) is 9.21. The molecule has 0 bridgehead atoms. The zero-order valence-corrected chi connectivity index (χ0v) is 14.0. The number of hydrogen-bond donors (Lipinski definition) is 1. The molecule has 0 aliphatic rings. The summed E-state index contributed by atoms with van der Waals surface area (Å²) in [6.07, 6.45) is 0. The SMILES string of the molecule is c1ccc(Nc2cc(Oc3ccccc3)nc(-c3ccccc3)n2)cc1. The third kappa shape index (κ3) is 3.87. The molecule has 0 radical (unpaired) electrons. The molecule has 4 aromatic rings. The van der Waals surface area contributed by atoms with Gasteiger partial charge in [0.25, 0.3) is 0 Å². The molecule has 1 N–H and O–H groups in total. The number of anilines is 2. The van der Waals surface area contributed by atoms with E-state index in [0.717, 1.165) is 17.0 Å². The Morgan fingerprint density at radius 2 is 1.27 bits per heavy atom. The van der Waals surface area contributed by atoms with E-state index in [9.17, 15) is 0 Å². The predicted molar refractivity (Wildman–Crippen MR) is 104 cm³/mol. The zero-order valence-electron chi connectivity index (χ0n) is 14.0. The molecular formula is C22H17N3O. The highest BCUT2D eigenvalue weighted by Crippen LogP contribution is 2.26. The molecule has 0 amide bonds. The van der Waals surface area contributed by atoms with Gasteiger partial charge in [0, 0.05) is 17.3 Å². The Kier molecular flexibility index (Phi) is 4.56. The Balaban J connectivity index is 1.72. The molecule has 126 valence electrons. The molecule has 4 nitrogen and oxygen atoms in total. The van der Waals surface area contributed by atoms with E-state index in [1.165, 1.54) is 0 Å². The van der Waals surface area contributed by atoms with Crippen molar-refractivity contribution in [3.63, 3.8) is 0 Å². The lowest BCUT2D eigenvalue weighted by Crippen LogP contribution is -1.99. The Labute approximate surface area is 152 Å². The van der Waals surface area contributed by atoms with Gasteiger partial charge in [-0.2, -0.15) is 4.98 Å².